The smallest absolute Gasteiger partial charge is 0.407 e. The van der Waals surface area contributed by atoms with E-state index in [-0.39, 0.29) is 17.6 Å². The Morgan fingerprint density at radius 1 is 1.18 bits per heavy atom. The van der Waals surface area contributed by atoms with Gasteiger partial charge in [-0.05, 0) is 32.6 Å². The molecule has 0 spiro atoms. The number of carbonyl (C=O) groups is 1. The number of amides is 1. The van der Waals surface area contributed by atoms with Crippen molar-refractivity contribution in [2.75, 3.05) is 0 Å². The van der Waals surface area contributed by atoms with Crippen LogP contribution in [0.3, 0.4) is 0 Å². The van der Waals surface area contributed by atoms with Crippen LogP contribution in [0, 0.1) is 5.41 Å². The topological polar surface area (TPSA) is 38.3 Å². The van der Waals surface area contributed by atoms with Gasteiger partial charge in [-0.2, -0.15) is 0 Å². The molecule has 3 nitrogen and oxygen atoms in total. The number of hydrogen-bond acceptors (Lipinski definition) is 2. The van der Waals surface area contributed by atoms with Gasteiger partial charge in [0.15, 0.2) is 0 Å². The number of unbranched alkanes of at least 4 members (excludes halogenated alkanes) is 1. The molecule has 0 aromatic carbocycles. The van der Waals surface area contributed by atoms with Crippen molar-refractivity contribution < 1.29 is 9.53 Å². The van der Waals surface area contributed by atoms with E-state index in [2.05, 4.69) is 33.0 Å². The summed E-state index contributed by atoms with van der Waals surface area (Å²) in [7, 11) is 0. The third-order valence-corrected chi connectivity index (χ3v) is 2.58. The Hall–Kier alpha value is -0.730. The zero-order chi connectivity index (χ0) is 13.7. The standard InChI is InChI=1S/C14H29NO2/c1-8-9-10-11(13(2,3)4)15-12(16)17-14(5,6)7/h11H,8-10H2,1-7H3,(H,15,16)/t11-/m1/s1. The molecule has 0 aliphatic carbocycles. The molecule has 0 fully saturated rings. The summed E-state index contributed by atoms with van der Waals surface area (Å²) >= 11 is 0. The van der Waals surface area contributed by atoms with Crippen LogP contribution in [0.5, 0.6) is 0 Å². The zero-order valence-electron chi connectivity index (χ0n) is 12.5. The van der Waals surface area contributed by atoms with Crippen LogP contribution in [-0.2, 0) is 4.74 Å². The van der Waals surface area contributed by atoms with Crippen molar-refractivity contribution in [3.63, 3.8) is 0 Å². The van der Waals surface area contributed by atoms with E-state index >= 15 is 0 Å². The molecule has 17 heavy (non-hydrogen) atoms. The molecule has 0 rings (SSSR count). The van der Waals surface area contributed by atoms with Crippen molar-refractivity contribution in [1.82, 2.24) is 5.32 Å². The van der Waals surface area contributed by atoms with Crippen LogP contribution < -0.4 is 5.32 Å². The Kier molecular flexibility index (Phi) is 6.00. The summed E-state index contributed by atoms with van der Waals surface area (Å²) < 4.78 is 5.29. The lowest BCUT2D eigenvalue weighted by Crippen LogP contribution is -2.45. The molecule has 0 saturated carbocycles. The summed E-state index contributed by atoms with van der Waals surface area (Å²) in [6.07, 6.45) is 2.95. The van der Waals surface area contributed by atoms with Crippen molar-refractivity contribution in [1.29, 1.82) is 0 Å². The molecule has 0 aliphatic heterocycles. The zero-order valence-corrected chi connectivity index (χ0v) is 12.5. The fourth-order valence-electron chi connectivity index (χ4n) is 1.58. The third kappa shape index (κ3) is 8.06. The van der Waals surface area contributed by atoms with Gasteiger partial charge < -0.3 is 10.1 Å². The molecular weight excluding hydrogens is 214 g/mol. The number of rotatable bonds is 4. The summed E-state index contributed by atoms with van der Waals surface area (Å²) in [4.78, 5) is 11.7. The molecular formula is C14H29NO2. The quantitative estimate of drug-likeness (QED) is 0.806. The molecule has 3 heteroatoms. The van der Waals surface area contributed by atoms with E-state index in [0.717, 1.165) is 19.3 Å². The second kappa shape index (κ2) is 6.27. The lowest BCUT2D eigenvalue weighted by Gasteiger charge is -2.32. The van der Waals surface area contributed by atoms with Gasteiger partial charge in [0.2, 0.25) is 0 Å². The predicted molar refractivity (Wildman–Crippen MR) is 72.1 cm³/mol. The van der Waals surface area contributed by atoms with E-state index in [9.17, 15) is 4.79 Å². The van der Waals surface area contributed by atoms with Crippen LogP contribution in [0.4, 0.5) is 4.79 Å². The highest BCUT2D eigenvalue weighted by Crippen LogP contribution is 2.24. The summed E-state index contributed by atoms with van der Waals surface area (Å²) in [5, 5.41) is 2.99. The molecule has 0 radical (unpaired) electrons. The summed E-state index contributed by atoms with van der Waals surface area (Å²) in [6, 6.07) is 0.164. The average molecular weight is 243 g/mol. The molecule has 0 aromatic heterocycles. The maximum Gasteiger partial charge on any atom is 0.407 e. The van der Waals surface area contributed by atoms with Crippen LogP contribution in [0.1, 0.15) is 67.7 Å². The number of carbonyl (C=O) groups excluding carboxylic acids is 1. The second-order valence-electron chi connectivity index (χ2n) is 6.71. The largest absolute Gasteiger partial charge is 0.444 e. The minimum absolute atomic E-state index is 0.0616. The maximum absolute atomic E-state index is 11.7. The Bertz CT molecular complexity index is 236. The molecule has 1 N–H and O–H groups in total. The van der Waals surface area contributed by atoms with E-state index in [1.807, 2.05) is 20.8 Å². The first-order valence-electron chi connectivity index (χ1n) is 6.56. The van der Waals surface area contributed by atoms with Gasteiger partial charge >= 0.3 is 6.09 Å². The lowest BCUT2D eigenvalue weighted by atomic mass is 9.84. The van der Waals surface area contributed by atoms with Gasteiger partial charge in [-0.1, -0.05) is 40.5 Å². The van der Waals surface area contributed by atoms with Crippen molar-refractivity contribution in [3.05, 3.63) is 0 Å². The number of ether oxygens (including phenoxy) is 1. The van der Waals surface area contributed by atoms with Crippen LogP contribution in [0.25, 0.3) is 0 Å². The molecule has 102 valence electrons. The van der Waals surface area contributed by atoms with Gasteiger partial charge in [-0.3, -0.25) is 0 Å². The first-order valence-corrected chi connectivity index (χ1v) is 6.56. The minimum Gasteiger partial charge on any atom is -0.444 e. The second-order valence-corrected chi connectivity index (χ2v) is 6.71. The Morgan fingerprint density at radius 2 is 1.71 bits per heavy atom. The number of alkyl carbamates (subject to hydrolysis) is 1. The highest BCUT2D eigenvalue weighted by molar-refractivity contribution is 5.68. The molecule has 1 atom stereocenters. The van der Waals surface area contributed by atoms with Gasteiger partial charge in [0.05, 0.1) is 0 Å². The molecule has 0 aliphatic rings. The molecule has 1 amide bonds. The monoisotopic (exact) mass is 243 g/mol. The fraction of sp³-hybridized carbons (Fsp3) is 0.929. The van der Waals surface area contributed by atoms with E-state index < -0.39 is 5.60 Å². The molecule has 0 aromatic rings. The Labute approximate surface area is 106 Å². The predicted octanol–water partition coefficient (Wildman–Crippen LogP) is 4.12. The summed E-state index contributed by atoms with van der Waals surface area (Å²) in [5.41, 5.74) is -0.372. The van der Waals surface area contributed by atoms with Gasteiger partial charge in [0.1, 0.15) is 5.60 Å². The molecule has 0 bridgehead atoms. The van der Waals surface area contributed by atoms with E-state index in [0.29, 0.717) is 0 Å². The highest BCUT2D eigenvalue weighted by atomic mass is 16.6. The Balaban J connectivity index is 4.39. The van der Waals surface area contributed by atoms with Gasteiger partial charge in [-0.25, -0.2) is 4.79 Å². The molecule has 0 unspecified atom stereocenters. The van der Waals surface area contributed by atoms with Crippen molar-refractivity contribution in [2.45, 2.75) is 79.4 Å². The minimum atomic E-state index is -0.433. The Morgan fingerprint density at radius 3 is 2.06 bits per heavy atom. The highest BCUT2D eigenvalue weighted by Gasteiger charge is 2.27. The summed E-state index contributed by atoms with van der Waals surface area (Å²) in [5.74, 6) is 0. The average Bonchev–Trinajstić information content (AvgIpc) is 2.07. The maximum atomic E-state index is 11.7. The van der Waals surface area contributed by atoms with E-state index in [1.165, 1.54) is 0 Å². The lowest BCUT2D eigenvalue weighted by molar-refractivity contribution is 0.0458. The molecule has 0 heterocycles. The van der Waals surface area contributed by atoms with Crippen LogP contribution in [-0.4, -0.2) is 17.7 Å². The van der Waals surface area contributed by atoms with Crippen molar-refractivity contribution >= 4 is 6.09 Å². The van der Waals surface area contributed by atoms with Gasteiger partial charge in [0, 0.05) is 6.04 Å². The van der Waals surface area contributed by atoms with Crippen LogP contribution >= 0.6 is 0 Å². The number of nitrogens with one attached hydrogen (secondary N) is 1. The van der Waals surface area contributed by atoms with E-state index in [4.69, 9.17) is 4.74 Å². The summed E-state index contributed by atoms with van der Waals surface area (Å²) in [6.45, 7) is 14.2. The van der Waals surface area contributed by atoms with E-state index in [1.54, 1.807) is 0 Å². The number of hydrogen-bond donors (Lipinski definition) is 1. The fourth-order valence-corrected chi connectivity index (χ4v) is 1.58. The van der Waals surface area contributed by atoms with Crippen molar-refractivity contribution in [2.24, 2.45) is 5.41 Å². The first kappa shape index (κ1) is 16.3. The normalized spacial score (nSPS) is 14.3. The first-order chi connectivity index (χ1) is 7.56. The van der Waals surface area contributed by atoms with Crippen LogP contribution in [0.15, 0.2) is 0 Å². The SMILES string of the molecule is CCCC[C@@H](NC(=O)OC(C)(C)C)C(C)(C)C. The van der Waals surface area contributed by atoms with Gasteiger partial charge in [-0.15, -0.1) is 0 Å². The third-order valence-electron chi connectivity index (χ3n) is 2.58. The van der Waals surface area contributed by atoms with Gasteiger partial charge in [0.25, 0.3) is 0 Å². The van der Waals surface area contributed by atoms with Crippen molar-refractivity contribution in [3.8, 4) is 0 Å². The molecule has 0 saturated heterocycles. The van der Waals surface area contributed by atoms with Crippen LogP contribution in [0.2, 0.25) is 0 Å².